The maximum absolute atomic E-state index is 12.8. The van der Waals surface area contributed by atoms with Crippen LogP contribution in [0.4, 0.5) is 5.82 Å². The second-order valence-electron chi connectivity index (χ2n) is 6.45. The van der Waals surface area contributed by atoms with Gasteiger partial charge in [-0.2, -0.15) is 8.75 Å². The number of carbonyl (C=O) groups is 1. The van der Waals surface area contributed by atoms with E-state index in [0.717, 1.165) is 34.4 Å². The number of carbonyl (C=O) groups excluding carboxylic acids is 1. The summed E-state index contributed by atoms with van der Waals surface area (Å²) in [6.45, 7) is 2.70. The second kappa shape index (κ2) is 6.97. The molecule has 0 bridgehead atoms. The molecular weight excluding hydrogens is 376 g/mol. The molecule has 9 nitrogen and oxygen atoms in total. The monoisotopic (exact) mass is 392 g/mol. The number of amides is 1. The van der Waals surface area contributed by atoms with E-state index in [1.54, 1.807) is 18.9 Å². The Labute approximate surface area is 164 Å². The summed E-state index contributed by atoms with van der Waals surface area (Å²) in [7, 11) is 0. The molecule has 0 saturated carbocycles. The fraction of sp³-hybridized carbons (Fsp3) is 0.222. The zero-order valence-corrected chi connectivity index (χ0v) is 15.7. The molecule has 4 aromatic rings. The van der Waals surface area contributed by atoms with Crippen LogP contribution < -0.4 is 4.90 Å². The molecular formula is C18H16N8OS. The number of fused-ring (bicyclic) bond motifs is 1. The van der Waals surface area contributed by atoms with Crippen LogP contribution in [0.2, 0.25) is 0 Å². The summed E-state index contributed by atoms with van der Waals surface area (Å²) in [4.78, 5) is 29.6. The average Bonchev–Trinajstić information content (AvgIpc) is 3.45. The molecule has 1 aromatic carbocycles. The summed E-state index contributed by atoms with van der Waals surface area (Å²) in [6.07, 6.45) is 6.82. The molecule has 0 unspecified atom stereocenters. The van der Waals surface area contributed by atoms with Gasteiger partial charge in [0, 0.05) is 50.2 Å². The third-order valence-electron chi connectivity index (χ3n) is 4.80. The van der Waals surface area contributed by atoms with Gasteiger partial charge in [-0.25, -0.2) is 15.0 Å². The zero-order valence-electron chi connectivity index (χ0n) is 14.8. The molecule has 1 aliphatic heterocycles. The number of rotatable bonds is 3. The standard InChI is InChI=1S/C18H16N8OS/c27-18(13-1-2-14-15(9-13)23-28-22-14)25-7-5-24(6-8-25)16-10-17(21-11-20-16)26-4-3-19-12-26/h1-4,9-12H,5-8H2. The Bertz CT molecular complexity index is 1120. The van der Waals surface area contributed by atoms with Gasteiger partial charge in [0.05, 0.1) is 11.7 Å². The highest BCUT2D eigenvalue weighted by molar-refractivity contribution is 7.00. The van der Waals surface area contributed by atoms with Crippen LogP contribution in [0.15, 0.2) is 49.3 Å². The van der Waals surface area contributed by atoms with Crippen molar-refractivity contribution in [1.29, 1.82) is 0 Å². The molecule has 1 fully saturated rings. The average molecular weight is 392 g/mol. The SMILES string of the molecule is O=C(c1ccc2nsnc2c1)N1CCN(c2cc(-n3ccnc3)ncn2)CC1. The van der Waals surface area contributed by atoms with Crippen molar-refractivity contribution in [3.63, 3.8) is 0 Å². The molecule has 3 aromatic heterocycles. The molecule has 140 valence electrons. The molecule has 5 rings (SSSR count). The van der Waals surface area contributed by atoms with Gasteiger partial charge in [-0.05, 0) is 18.2 Å². The van der Waals surface area contributed by atoms with Crippen LogP contribution in [0.25, 0.3) is 16.9 Å². The topological polar surface area (TPSA) is 92.9 Å². The number of aromatic nitrogens is 6. The van der Waals surface area contributed by atoms with E-state index >= 15 is 0 Å². The molecule has 0 aliphatic carbocycles. The minimum atomic E-state index is 0.0244. The van der Waals surface area contributed by atoms with Gasteiger partial charge in [-0.1, -0.05) is 0 Å². The summed E-state index contributed by atoms with van der Waals surface area (Å²) in [6, 6.07) is 7.42. The highest BCUT2D eigenvalue weighted by Crippen LogP contribution is 2.19. The number of benzene rings is 1. The number of hydrogen-bond donors (Lipinski definition) is 0. The largest absolute Gasteiger partial charge is 0.353 e. The molecule has 0 spiro atoms. The minimum Gasteiger partial charge on any atom is -0.353 e. The maximum Gasteiger partial charge on any atom is 0.254 e. The lowest BCUT2D eigenvalue weighted by Gasteiger charge is -2.35. The van der Waals surface area contributed by atoms with Gasteiger partial charge in [-0.15, -0.1) is 0 Å². The van der Waals surface area contributed by atoms with Crippen LogP contribution in [0.5, 0.6) is 0 Å². The summed E-state index contributed by atoms with van der Waals surface area (Å²) in [5, 5.41) is 0. The predicted molar refractivity (Wildman–Crippen MR) is 105 cm³/mol. The number of imidazole rings is 1. The highest BCUT2D eigenvalue weighted by atomic mass is 32.1. The first-order valence-electron chi connectivity index (χ1n) is 8.85. The van der Waals surface area contributed by atoms with Gasteiger partial charge in [0.1, 0.15) is 35.3 Å². The van der Waals surface area contributed by atoms with E-state index in [4.69, 9.17) is 0 Å². The quantitative estimate of drug-likeness (QED) is 0.523. The first-order chi connectivity index (χ1) is 13.8. The Morgan fingerprint density at radius 3 is 2.61 bits per heavy atom. The van der Waals surface area contributed by atoms with Crippen LogP contribution in [0.3, 0.4) is 0 Å². The lowest BCUT2D eigenvalue weighted by molar-refractivity contribution is 0.0746. The van der Waals surface area contributed by atoms with Gasteiger partial charge < -0.3 is 9.80 Å². The van der Waals surface area contributed by atoms with Crippen LogP contribution in [0.1, 0.15) is 10.4 Å². The lowest BCUT2D eigenvalue weighted by atomic mass is 10.1. The first kappa shape index (κ1) is 16.8. The smallest absolute Gasteiger partial charge is 0.254 e. The third-order valence-corrected chi connectivity index (χ3v) is 5.36. The maximum atomic E-state index is 12.8. The summed E-state index contributed by atoms with van der Waals surface area (Å²) in [5.74, 6) is 1.64. The fourth-order valence-corrected chi connectivity index (χ4v) is 3.80. The van der Waals surface area contributed by atoms with Gasteiger partial charge >= 0.3 is 0 Å². The molecule has 0 radical (unpaired) electrons. The lowest BCUT2D eigenvalue weighted by Crippen LogP contribution is -2.49. The number of anilines is 1. The van der Waals surface area contributed by atoms with Crippen molar-refractivity contribution in [2.75, 3.05) is 31.1 Å². The third kappa shape index (κ3) is 3.07. The molecule has 1 aliphatic rings. The first-order valence-corrected chi connectivity index (χ1v) is 9.58. The van der Waals surface area contributed by atoms with E-state index in [2.05, 4.69) is 28.6 Å². The van der Waals surface area contributed by atoms with Crippen molar-refractivity contribution in [1.82, 2.24) is 33.2 Å². The zero-order chi connectivity index (χ0) is 18.9. The van der Waals surface area contributed by atoms with Gasteiger partial charge in [0.25, 0.3) is 5.91 Å². The van der Waals surface area contributed by atoms with E-state index in [0.29, 0.717) is 31.7 Å². The van der Waals surface area contributed by atoms with Crippen LogP contribution in [-0.4, -0.2) is 65.3 Å². The minimum absolute atomic E-state index is 0.0244. The van der Waals surface area contributed by atoms with E-state index in [1.165, 1.54) is 0 Å². The van der Waals surface area contributed by atoms with E-state index in [-0.39, 0.29) is 5.91 Å². The normalized spacial score (nSPS) is 14.6. The molecule has 4 heterocycles. The van der Waals surface area contributed by atoms with E-state index in [9.17, 15) is 4.79 Å². The Hall–Kier alpha value is -3.40. The fourth-order valence-electron chi connectivity index (χ4n) is 3.28. The summed E-state index contributed by atoms with van der Waals surface area (Å²) >= 11 is 1.16. The van der Waals surface area contributed by atoms with Gasteiger partial charge in [0.15, 0.2) is 0 Å². The molecule has 0 atom stereocenters. The molecule has 28 heavy (non-hydrogen) atoms. The van der Waals surface area contributed by atoms with Crippen molar-refractivity contribution in [3.8, 4) is 5.82 Å². The number of nitrogens with zero attached hydrogens (tertiary/aromatic N) is 8. The van der Waals surface area contributed by atoms with Gasteiger partial charge in [-0.3, -0.25) is 9.36 Å². The Kier molecular flexibility index (Phi) is 4.17. The molecule has 1 saturated heterocycles. The second-order valence-corrected chi connectivity index (χ2v) is 6.98. The Balaban J connectivity index is 1.28. The molecule has 10 heteroatoms. The van der Waals surface area contributed by atoms with Crippen molar-refractivity contribution in [2.45, 2.75) is 0 Å². The predicted octanol–water partition coefficient (Wildman–Crippen LogP) is 1.63. The van der Waals surface area contributed by atoms with Crippen molar-refractivity contribution < 1.29 is 4.79 Å². The summed E-state index contributed by atoms with van der Waals surface area (Å²) in [5.41, 5.74) is 2.24. The molecule has 0 N–H and O–H groups in total. The highest BCUT2D eigenvalue weighted by Gasteiger charge is 2.23. The summed E-state index contributed by atoms with van der Waals surface area (Å²) < 4.78 is 10.2. The number of hydrogen-bond acceptors (Lipinski definition) is 8. The van der Waals surface area contributed by atoms with E-state index in [1.807, 2.05) is 39.9 Å². The van der Waals surface area contributed by atoms with Crippen molar-refractivity contribution in [3.05, 3.63) is 54.9 Å². The van der Waals surface area contributed by atoms with Gasteiger partial charge in [0.2, 0.25) is 0 Å². The van der Waals surface area contributed by atoms with Crippen molar-refractivity contribution in [2.24, 2.45) is 0 Å². The van der Waals surface area contributed by atoms with Crippen LogP contribution >= 0.6 is 11.7 Å². The molecule has 1 amide bonds. The van der Waals surface area contributed by atoms with Crippen LogP contribution in [0, 0.1) is 0 Å². The Morgan fingerprint density at radius 1 is 0.964 bits per heavy atom. The number of piperazine rings is 1. The Morgan fingerprint density at radius 2 is 1.79 bits per heavy atom. The van der Waals surface area contributed by atoms with Crippen LogP contribution in [-0.2, 0) is 0 Å². The van der Waals surface area contributed by atoms with Crippen molar-refractivity contribution >= 4 is 34.5 Å². The van der Waals surface area contributed by atoms with E-state index < -0.39 is 0 Å².